The van der Waals surface area contributed by atoms with Crippen molar-refractivity contribution in [3.63, 3.8) is 0 Å². The van der Waals surface area contributed by atoms with Crippen molar-refractivity contribution in [1.29, 1.82) is 0 Å². The lowest BCUT2D eigenvalue weighted by molar-refractivity contribution is 0.365. The van der Waals surface area contributed by atoms with Crippen LogP contribution in [0.4, 0.5) is 5.95 Å². The van der Waals surface area contributed by atoms with Gasteiger partial charge >= 0.3 is 0 Å². The molecule has 1 fully saturated rings. The number of benzene rings is 1. The number of nitrogens with zero attached hydrogens (tertiary/aromatic N) is 6. The van der Waals surface area contributed by atoms with Gasteiger partial charge in [0, 0.05) is 43.0 Å². The second-order valence-corrected chi connectivity index (χ2v) is 7.67. The lowest BCUT2D eigenvalue weighted by Crippen LogP contribution is -2.53. The smallest absolute Gasteiger partial charge is 0.245 e. The Morgan fingerprint density at radius 2 is 1.90 bits per heavy atom. The van der Waals surface area contributed by atoms with Gasteiger partial charge < -0.3 is 15.3 Å². The molecule has 0 radical (unpaired) electrons. The summed E-state index contributed by atoms with van der Waals surface area (Å²) in [5.74, 6) is 1.27. The number of hydrogen-bond acceptors (Lipinski definition) is 8. The van der Waals surface area contributed by atoms with Crippen LogP contribution in [0.15, 0.2) is 36.8 Å². The van der Waals surface area contributed by atoms with Crippen LogP contribution in [-0.4, -0.2) is 55.9 Å². The van der Waals surface area contributed by atoms with E-state index in [1.54, 1.807) is 30.7 Å². The van der Waals surface area contributed by atoms with E-state index < -0.39 is 0 Å². The number of piperazine rings is 1. The average Bonchev–Trinajstić information content (AvgIpc) is 2.74. The largest absolute Gasteiger partial charge is 0.507 e. The maximum Gasteiger partial charge on any atom is 0.245 e. The predicted octanol–water partition coefficient (Wildman–Crippen LogP) is 2.44. The second kappa shape index (κ2) is 8.08. The van der Waals surface area contributed by atoms with Gasteiger partial charge in [0.05, 0.1) is 23.8 Å². The van der Waals surface area contributed by atoms with Gasteiger partial charge in [-0.3, -0.25) is 9.97 Å². The molecule has 1 aromatic carbocycles. The highest BCUT2D eigenvalue weighted by Crippen LogP contribution is 2.31. The first-order chi connectivity index (χ1) is 14.0. The molecule has 8 heteroatoms. The minimum absolute atomic E-state index is 0.107. The van der Waals surface area contributed by atoms with Crippen molar-refractivity contribution >= 4 is 5.95 Å². The van der Waals surface area contributed by atoms with Gasteiger partial charge in [-0.15, -0.1) is 10.2 Å². The lowest BCUT2D eigenvalue weighted by atomic mass is 10.0. The van der Waals surface area contributed by atoms with Crippen LogP contribution in [0.3, 0.4) is 0 Å². The number of aryl methyl sites for hydroxylation is 1. The Morgan fingerprint density at radius 3 is 2.55 bits per heavy atom. The molecule has 0 aliphatic carbocycles. The van der Waals surface area contributed by atoms with Crippen molar-refractivity contribution in [3.8, 4) is 28.3 Å². The van der Waals surface area contributed by atoms with Gasteiger partial charge in [-0.2, -0.15) is 0 Å². The van der Waals surface area contributed by atoms with E-state index in [-0.39, 0.29) is 5.75 Å². The third-order valence-electron chi connectivity index (χ3n) is 5.19. The first kappa shape index (κ1) is 19.2. The van der Waals surface area contributed by atoms with Crippen molar-refractivity contribution in [1.82, 2.24) is 30.5 Å². The number of hydrogen-bond donors (Lipinski definition) is 2. The number of phenolic OH excluding ortho intramolecular Hbond substituents is 1. The van der Waals surface area contributed by atoms with Crippen LogP contribution in [-0.2, 0) is 0 Å². The summed E-state index contributed by atoms with van der Waals surface area (Å²) >= 11 is 0. The molecule has 3 aromatic rings. The standard InChI is InChI=1S/C21H25N7O/c1-13(2)19-12-28(7-6-22-19)21-25-11-18(26-27-21)16-5-4-15(8-20(16)29)17-10-23-14(3)9-24-17/h4-5,8-11,13,19,22,29H,6-7,12H2,1-3H3. The molecule has 1 aliphatic heterocycles. The monoisotopic (exact) mass is 391 g/mol. The molecule has 0 amide bonds. The molecular formula is C21H25N7O. The molecule has 0 saturated carbocycles. The third-order valence-corrected chi connectivity index (χ3v) is 5.19. The van der Waals surface area contributed by atoms with Crippen molar-refractivity contribution < 1.29 is 5.11 Å². The highest BCUT2D eigenvalue weighted by Gasteiger charge is 2.23. The van der Waals surface area contributed by atoms with Gasteiger partial charge in [0.25, 0.3) is 0 Å². The van der Waals surface area contributed by atoms with Gasteiger partial charge in [-0.25, -0.2) is 4.98 Å². The first-order valence-corrected chi connectivity index (χ1v) is 9.81. The molecule has 2 aromatic heterocycles. The van der Waals surface area contributed by atoms with E-state index in [9.17, 15) is 5.11 Å². The number of anilines is 1. The summed E-state index contributed by atoms with van der Waals surface area (Å²) < 4.78 is 0. The van der Waals surface area contributed by atoms with E-state index in [0.717, 1.165) is 30.9 Å². The van der Waals surface area contributed by atoms with Crippen LogP contribution in [0.5, 0.6) is 5.75 Å². The van der Waals surface area contributed by atoms with Crippen LogP contribution < -0.4 is 10.2 Å². The zero-order chi connectivity index (χ0) is 20.4. The molecule has 1 aliphatic rings. The lowest BCUT2D eigenvalue weighted by Gasteiger charge is -2.35. The molecule has 0 spiro atoms. The fraction of sp³-hybridized carbons (Fsp3) is 0.381. The Labute approximate surface area is 170 Å². The highest BCUT2D eigenvalue weighted by molar-refractivity contribution is 5.72. The molecule has 1 atom stereocenters. The number of aromatic hydroxyl groups is 1. The molecule has 4 rings (SSSR count). The van der Waals surface area contributed by atoms with Crippen LogP contribution in [0, 0.1) is 12.8 Å². The van der Waals surface area contributed by atoms with E-state index in [1.165, 1.54) is 0 Å². The molecule has 29 heavy (non-hydrogen) atoms. The topological polar surface area (TPSA) is 100.0 Å². The summed E-state index contributed by atoms with van der Waals surface area (Å²) in [5, 5.41) is 22.7. The Morgan fingerprint density at radius 1 is 1.07 bits per heavy atom. The summed E-state index contributed by atoms with van der Waals surface area (Å²) in [7, 11) is 0. The van der Waals surface area contributed by atoms with Crippen LogP contribution in [0.25, 0.3) is 22.5 Å². The van der Waals surface area contributed by atoms with Crippen molar-refractivity contribution in [3.05, 3.63) is 42.5 Å². The predicted molar refractivity (Wildman–Crippen MR) is 112 cm³/mol. The van der Waals surface area contributed by atoms with E-state index in [1.807, 2.05) is 13.0 Å². The number of nitrogens with one attached hydrogen (secondary N) is 1. The minimum atomic E-state index is 0.107. The van der Waals surface area contributed by atoms with Crippen LogP contribution >= 0.6 is 0 Å². The summed E-state index contributed by atoms with van der Waals surface area (Å²) in [6, 6.07) is 5.76. The fourth-order valence-electron chi connectivity index (χ4n) is 3.39. The van der Waals surface area contributed by atoms with Crippen LogP contribution in [0.2, 0.25) is 0 Å². The normalized spacial score (nSPS) is 17.0. The van der Waals surface area contributed by atoms with Crippen LogP contribution in [0.1, 0.15) is 19.5 Å². The SMILES string of the molecule is Cc1cnc(-c2ccc(-c3cnc(N4CCNC(C(C)C)C4)nn3)c(O)c2)cn1. The Balaban J connectivity index is 1.54. The van der Waals surface area contributed by atoms with Gasteiger partial charge in [0.15, 0.2) is 0 Å². The quantitative estimate of drug-likeness (QED) is 0.700. The zero-order valence-corrected chi connectivity index (χ0v) is 16.9. The van der Waals surface area contributed by atoms with Crippen molar-refractivity contribution in [2.45, 2.75) is 26.8 Å². The van der Waals surface area contributed by atoms with Gasteiger partial charge in [0.1, 0.15) is 11.4 Å². The molecular weight excluding hydrogens is 366 g/mol. The number of phenols is 1. The van der Waals surface area contributed by atoms with Gasteiger partial charge in [-0.1, -0.05) is 19.9 Å². The third kappa shape index (κ3) is 4.17. The molecule has 1 unspecified atom stereocenters. The van der Waals surface area contributed by atoms with Gasteiger partial charge in [0.2, 0.25) is 5.95 Å². The second-order valence-electron chi connectivity index (χ2n) is 7.67. The van der Waals surface area contributed by atoms with Gasteiger partial charge in [-0.05, 0) is 25.0 Å². The van der Waals surface area contributed by atoms with Crippen molar-refractivity contribution in [2.75, 3.05) is 24.5 Å². The maximum absolute atomic E-state index is 10.5. The number of aromatic nitrogens is 5. The van der Waals surface area contributed by atoms with E-state index in [0.29, 0.717) is 34.9 Å². The Hall–Kier alpha value is -3.13. The minimum Gasteiger partial charge on any atom is -0.507 e. The van der Waals surface area contributed by atoms with E-state index >= 15 is 0 Å². The highest BCUT2D eigenvalue weighted by atomic mass is 16.3. The Bertz CT molecular complexity index is 973. The average molecular weight is 391 g/mol. The maximum atomic E-state index is 10.5. The van der Waals surface area contributed by atoms with E-state index in [4.69, 9.17) is 0 Å². The van der Waals surface area contributed by atoms with E-state index in [2.05, 4.69) is 49.2 Å². The summed E-state index contributed by atoms with van der Waals surface area (Å²) in [6.07, 6.45) is 5.06. The zero-order valence-electron chi connectivity index (χ0n) is 16.9. The molecule has 1 saturated heterocycles. The summed E-state index contributed by atoms with van der Waals surface area (Å²) in [4.78, 5) is 15.2. The summed E-state index contributed by atoms with van der Waals surface area (Å²) in [5.41, 5.74) is 3.46. The molecule has 3 heterocycles. The van der Waals surface area contributed by atoms with Crippen molar-refractivity contribution in [2.24, 2.45) is 5.92 Å². The molecule has 150 valence electrons. The first-order valence-electron chi connectivity index (χ1n) is 9.81. The number of rotatable bonds is 4. The molecule has 8 nitrogen and oxygen atoms in total. The fourth-order valence-corrected chi connectivity index (χ4v) is 3.39. The Kier molecular flexibility index (Phi) is 5.35. The molecule has 0 bridgehead atoms. The summed E-state index contributed by atoms with van der Waals surface area (Å²) in [6.45, 7) is 8.90. The molecule has 2 N–H and O–H groups in total.